The van der Waals surface area contributed by atoms with Gasteiger partial charge in [-0.2, -0.15) is 0 Å². The summed E-state index contributed by atoms with van der Waals surface area (Å²) in [6, 6.07) is 2.33. The van der Waals surface area contributed by atoms with Gasteiger partial charge in [0.1, 0.15) is 24.8 Å². The number of halogens is 1. The quantitative estimate of drug-likeness (QED) is 0.649. The van der Waals surface area contributed by atoms with E-state index in [0.29, 0.717) is 5.01 Å². The predicted octanol–water partition coefficient (Wildman–Crippen LogP) is 2.67. The Hall–Kier alpha value is -2.36. The number of pyridine rings is 1. The summed E-state index contributed by atoms with van der Waals surface area (Å²) >= 11 is 7.67. The summed E-state index contributed by atoms with van der Waals surface area (Å²) < 4.78 is 5.53. The van der Waals surface area contributed by atoms with Gasteiger partial charge in [-0.3, -0.25) is 19.4 Å². The van der Waals surface area contributed by atoms with Crippen LogP contribution in [0.2, 0.25) is 0 Å². The number of rotatable bonds is 5. The number of thiazole rings is 1. The number of hydrogen-bond donors (Lipinski definition) is 1. The van der Waals surface area contributed by atoms with E-state index in [9.17, 15) is 14.4 Å². The van der Waals surface area contributed by atoms with E-state index >= 15 is 0 Å². The van der Waals surface area contributed by atoms with Gasteiger partial charge < -0.3 is 15.0 Å². The lowest BCUT2D eigenvalue weighted by Gasteiger charge is -2.34. The molecule has 1 aliphatic carbocycles. The Morgan fingerprint density at radius 2 is 1.97 bits per heavy atom. The summed E-state index contributed by atoms with van der Waals surface area (Å²) in [7, 11) is 0. The van der Waals surface area contributed by atoms with Crippen molar-refractivity contribution in [1.82, 2.24) is 20.2 Å². The SMILES string of the molecule is O=C(NC(C(=O)N1C[C@H](Cl)[C@H]2OCC(=O)[C@H]21)C1CCCCC1)c1ncc(-c2ccncc2)s1. The third-order valence-electron chi connectivity index (χ3n) is 6.74. The number of aromatic nitrogens is 2. The number of amides is 2. The van der Waals surface area contributed by atoms with Gasteiger partial charge in [-0.05, 0) is 36.5 Å². The van der Waals surface area contributed by atoms with Crippen LogP contribution in [0.3, 0.4) is 0 Å². The Labute approximate surface area is 200 Å². The second-order valence-electron chi connectivity index (χ2n) is 8.81. The number of hydrogen-bond acceptors (Lipinski definition) is 7. The Morgan fingerprint density at radius 3 is 2.73 bits per heavy atom. The molecule has 174 valence electrons. The average Bonchev–Trinajstić information content (AvgIpc) is 3.56. The lowest BCUT2D eigenvalue weighted by molar-refractivity contribution is -0.139. The van der Waals surface area contributed by atoms with Crippen molar-refractivity contribution in [2.24, 2.45) is 5.92 Å². The molecule has 4 atom stereocenters. The van der Waals surface area contributed by atoms with E-state index in [-0.39, 0.29) is 36.7 Å². The molecule has 3 aliphatic rings. The van der Waals surface area contributed by atoms with Crippen molar-refractivity contribution in [3.05, 3.63) is 35.7 Å². The molecule has 33 heavy (non-hydrogen) atoms. The minimum atomic E-state index is -0.720. The molecule has 2 aliphatic heterocycles. The number of likely N-dealkylation sites (tertiary alicyclic amines) is 1. The van der Waals surface area contributed by atoms with Crippen LogP contribution in [0.15, 0.2) is 30.7 Å². The number of ether oxygens (including phenoxy) is 1. The van der Waals surface area contributed by atoms with Crippen molar-refractivity contribution in [3.8, 4) is 10.4 Å². The highest BCUT2D eigenvalue weighted by atomic mass is 35.5. The maximum atomic E-state index is 13.7. The number of nitrogens with one attached hydrogen (secondary N) is 1. The van der Waals surface area contributed by atoms with Crippen LogP contribution in [-0.2, 0) is 14.3 Å². The largest absolute Gasteiger partial charge is 0.366 e. The number of Topliss-reactive ketones (excluding diaryl/α,β-unsaturated/α-hetero) is 1. The van der Waals surface area contributed by atoms with Crippen molar-refractivity contribution in [3.63, 3.8) is 0 Å². The summed E-state index contributed by atoms with van der Waals surface area (Å²) in [4.78, 5) is 50.0. The van der Waals surface area contributed by atoms with Gasteiger partial charge in [0.05, 0.1) is 10.3 Å². The van der Waals surface area contributed by atoms with E-state index < -0.39 is 23.6 Å². The number of nitrogens with zero attached hydrogens (tertiary/aromatic N) is 3. The highest BCUT2D eigenvalue weighted by Gasteiger charge is 2.53. The lowest BCUT2D eigenvalue weighted by atomic mass is 9.83. The van der Waals surface area contributed by atoms with Crippen molar-refractivity contribution in [2.75, 3.05) is 13.2 Å². The van der Waals surface area contributed by atoms with E-state index in [4.69, 9.17) is 16.3 Å². The Kier molecular flexibility index (Phi) is 6.44. The van der Waals surface area contributed by atoms with Gasteiger partial charge in [-0.15, -0.1) is 22.9 Å². The first kappa shape index (κ1) is 22.4. The van der Waals surface area contributed by atoms with Crippen molar-refractivity contribution < 1.29 is 19.1 Å². The lowest BCUT2D eigenvalue weighted by Crippen LogP contribution is -2.55. The fraction of sp³-hybridized carbons (Fsp3) is 0.522. The molecule has 1 saturated carbocycles. The summed E-state index contributed by atoms with van der Waals surface area (Å²) in [5.41, 5.74) is 0.928. The zero-order valence-corrected chi connectivity index (χ0v) is 19.6. The summed E-state index contributed by atoms with van der Waals surface area (Å²) in [5.74, 6) is -0.748. The molecular formula is C23H25ClN4O4S. The van der Waals surface area contributed by atoms with Gasteiger partial charge in [0, 0.05) is 25.1 Å². The van der Waals surface area contributed by atoms with Gasteiger partial charge in [0.2, 0.25) is 5.91 Å². The molecule has 2 aromatic heterocycles. The molecule has 4 heterocycles. The third-order valence-corrected chi connectivity index (χ3v) is 8.18. The minimum Gasteiger partial charge on any atom is -0.366 e. The van der Waals surface area contributed by atoms with E-state index in [1.165, 1.54) is 16.2 Å². The van der Waals surface area contributed by atoms with Gasteiger partial charge in [0.15, 0.2) is 10.8 Å². The number of ketones is 1. The molecule has 3 fully saturated rings. The third kappa shape index (κ3) is 4.41. The normalized spacial score (nSPS) is 26.3. The van der Waals surface area contributed by atoms with Crippen LogP contribution in [0.5, 0.6) is 0 Å². The second kappa shape index (κ2) is 9.48. The molecule has 2 aromatic rings. The van der Waals surface area contributed by atoms with Crippen LogP contribution >= 0.6 is 22.9 Å². The first-order chi connectivity index (χ1) is 16.0. The Balaban J connectivity index is 1.37. The molecule has 0 radical (unpaired) electrons. The molecule has 10 heteroatoms. The van der Waals surface area contributed by atoms with Gasteiger partial charge in [-0.1, -0.05) is 19.3 Å². The maximum Gasteiger partial charge on any atom is 0.280 e. The molecule has 2 saturated heterocycles. The summed E-state index contributed by atoms with van der Waals surface area (Å²) in [6.45, 7) is 0.212. The van der Waals surface area contributed by atoms with Crippen LogP contribution in [0.25, 0.3) is 10.4 Å². The predicted molar refractivity (Wildman–Crippen MR) is 123 cm³/mol. The average molecular weight is 489 g/mol. The molecule has 8 nitrogen and oxygen atoms in total. The van der Waals surface area contributed by atoms with Crippen molar-refractivity contribution in [1.29, 1.82) is 0 Å². The number of fused-ring (bicyclic) bond motifs is 1. The van der Waals surface area contributed by atoms with E-state index in [1.807, 2.05) is 12.1 Å². The highest BCUT2D eigenvalue weighted by Crippen LogP contribution is 2.34. The fourth-order valence-corrected chi connectivity index (χ4v) is 6.27. The fourth-order valence-electron chi connectivity index (χ4n) is 5.08. The van der Waals surface area contributed by atoms with Crippen LogP contribution < -0.4 is 5.32 Å². The standard InChI is InChI=1S/C23H25ClN4O4S/c24-15-11-28(19-16(29)12-32-20(15)19)23(31)18(14-4-2-1-3-5-14)27-21(30)22-26-10-17(33-22)13-6-8-25-9-7-13/h6-10,14-15,18-20H,1-5,11-12H2,(H,27,30)/t15-,18?,19+,20+/m0/s1. The first-order valence-electron chi connectivity index (χ1n) is 11.3. The monoisotopic (exact) mass is 488 g/mol. The zero-order valence-electron chi connectivity index (χ0n) is 18.0. The van der Waals surface area contributed by atoms with Crippen LogP contribution in [0, 0.1) is 5.92 Å². The molecule has 5 rings (SSSR count). The maximum absolute atomic E-state index is 13.7. The van der Waals surface area contributed by atoms with Crippen LogP contribution in [-0.4, -0.2) is 69.2 Å². The molecular weight excluding hydrogens is 464 g/mol. The van der Waals surface area contributed by atoms with Crippen LogP contribution in [0.4, 0.5) is 0 Å². The van der Waals surface area contributed by atoms with Gasteiger partial charge in [-0.25, -0.2) is 4.98 Å². The topological polar surface area (TPSA) is 101 Å². The molecule has 0 aromatic carbocycles. The molecule has 0 spiro atoms. The molecule has 2 amide bonds. The molecule has 1 N–H and O–H groups in total. The smallest absolute Gasteiger partial charge is 0.280 e. The molecule has 1 unspecified atom stereocenters. The van der Waals surface area contributed by atoms with Gasteiger partial charge >= 0.3 is 0 Å². The van der Waals surface area contributed by atoms with E-state index in [0.717, 1.165) is 42.5 Å². The second-order valence-corrected chi connectivity index (χ2v) is 10.4. The van der Waals surface area contributed by atoms with E-state index in [2.05, 4.69) is 15.3 Å². The molecule has 0 bridgehead atoms. The Bertz CT molecular complexity index is 1040. The first-order valence-corrected chi connectivity index (χ1v) is 12.5. The van der Waals surface area contributed by atoms with Crippen LogP contribution in [0.1, 0.15) is 41.9 Å². The van der Waals surface area contributed by atoms with Crippen molar-refractivity contribution in [2.45, 2.75) is 55.7 Å². The number of carbonyl (C=O) groups excluding carboxylic acids is 3. The number of alkyl halides is 1. The van der Waals surface area contributed by atoms with E-state index in [1.54, 1.807) is 18.6 Å². The minimum absolute atomic E-state index is 0.0140. The summed E-state index contributed by atoms with van der Waals surface area (Å²) in [6.07, 6.45) is 9.41. The zero-order chi connectivity index (χ0) is 22.9. The van der Waals surface area contributed by atoms with Crippen molar-refractivity contribution >= 4 is 40.5 Å². The highest BCUT2D eigenvalue weighted by molar-refractivity contribution is 7.17. The number of carbonyl (C=O) groups is 3. The Morgan fingerprint density at radius 1 is 1.21 bits per heavy atom. The van der Waals surface area contributed by atoms with Gasteiger partial charge in [0.25, 0.3) is 5.91 Å². The summed E-state index contributed by atoms with van der Waals surface area (Å²) in [5, 5.41) is 2.83.